The van der Waals surface area contributed by atoms with Gasteiger partial charge in [0.25, 0.3) is 0 Å². The highest BCUT2D eigenvalue weighted by Crippen LogP contribution is 2.14. The van der Waals surface area contributed by atoms with Crippen LogP contribution in [0.1, 0.15) is 21.5 Å². The predicted octanol–water partition coefficient (Wildman–Crippen LogP) is 2.40. The Kier molecular flexibility index (Phi) is 5.12. The number of ether oxygens (including phenoxy) is 1. The summed E-state index contributed by atoms with van der Waals surface area (Å²) in [5, 5.41) is 0. The molecular formula is C16H16FNO4S. The summed E-state index contributed by atoms with van der Waals surface area (Å²) in [6.45, 7) is 1.62. The van der Waals surface area contributed by atoms with E-state index in [1.807, 2.05) is 0 Å². The molecule has 23 heavy (non-hydrogen) atoms. The average Bonchev–Trinajstić information content (AvgIpc) is 2.55. The zero-order valence-electron chi connectivity index (χ0n) is 12.7. The summed E-state index contributed by atoms with van der Waals surface area (Å²) < 4.78 is 44.8. The van der Waals surface area contributed by atoms with Crippen LogP contribution in [0.25, 0.3) is 0 Å². The maximum Gasteiger partial charge on any atom is 0.337 e. The minimum absolute atomic E-state index is 0.0197. The summed E-state index contributed by atoms with van der Waals surface area (Å²) in [4.78, 5) is 11.4. The largest absolute Gasteiger partial charge is 0.465 e. The lowest BCUT2D eigenvalue weighted by atomic mass is 10.1. The molecule has 0 aromatic heterocycles. The Morgan fingerprint density at radius 1 is 1.22 bits per heavy atom. The van der Waals surface area contributed by atoms with E-state index in [9.17, 15) is 17.6 Å². The summed E-state index contributed by atoms with van der Waals surface area (Å²) in [5.41, 5.74) is 1.22. The van der Waals surface area contributed by atoms with Gasteiger partial charge in [0.05, 0.1) is 17.6 Å². The maximum absolute atomic E-state index is 13.2. The zero-order valence-corrected chi connectivity index (χ0v) is 13.5. The van der Waals surface area contributed by atoms with Crippen molar-refractivity contribution in [2.75, 3.05) is 7.11 Å². The number of nitrogens with one attached hydrogen (secondary N) is 1. The van der Waals surface area contributed by atoms with E-state index in [1.165, 1.54) is 43.5 Å². The molecule has 2 aromatic carbocycles. The van der Waals surface area contributed by atoms with Crippen LogP contribution in [0.15, 0.2) is 47.4 Å². The van der Waals surface area contributed by atoms with Crippen molar-refractivity contribution in [3.05, 3.63) is 65.0 Å². The van der Waals surface area contributed by atoms with Gasteiger partial charge in [0.15, 0.2) is 0 Å². The molecule has 0 saturated carbocycles. The first kappa shape index (κ1) is 17.1. The van der Waals surface area contributed by atoms with E-state index < -0.39 is 16.0 Å². The number of sulfonamides is 1. The molecule has 1 N–H and O–H groups in total. The van der Waals surface area contributed by atoms with Crippen LogP contribution in [-0.2, 0) is 21.3 Å². The van der Waals surface area contributed by atoms with Crippen LogP contribution < -0.4 is 4.72 Å². The van der Waals surface area contributed by atoms with Gasteiger partial charge in [0.2, 0.25) is 10.0 Å². The Bertz CT molecular complexity index is 834. The smallest absolute Gasteiger partial charge is 0.337 e. The summed E-state index contributed by atoms with van der Waals surface area (Å²) in [5.74, 6) is -0.960. The highest BCUT2D eigenvalue weighted by Gasteiger charge is 2.16. The van der Waals surface area contributed by atoms with Crippen LogP contribution in [0.4, 0.5) is 4.39 Å². The van der Waals surface area contributed by atoms with E-state index in [2.05, 4.69) is 9.46 Å². The number of benzene rings is 2. The van der Waals surface area contributed by atoms with Gasteiger partial charge in [0.1, 0.15) is 5.82 Å². The molecule has 0 unspecified atom stereocenters. The van der Waals surface area contributed by atoms with Crippen molar-refractivity contribution in [1.82, 2.24) is 4.72 Å². The molecule has 0 bridgehead atoms. The Morgan fingerprint density at radius 3 is 2.61 bits per heavy atom. The molecule has 0 aliphatic heterocycles. The van der Waals surface area contributed by atoms with E-state index in [0.29, 0.717) is 11.1 Å². The minimum atomic E-state index is -3.80. The predicted molar refractivity (Wildman–Crippen MR) is 82.9 cm³/mol. The third-order valence-corrected chi connectivity index (χ3v) is 4.65. The molecule has 2 rings (SSSR count). The number of carbonyl (C=O) groups is 1. The first-order valence-corrected chi connectivity index (χ1v) is 8.25. The number of rotatable bonds is 5. The van der Waals surface area contributed by atoms with Gasteiger partial charge < -0.3 is 4.74 Å². The SMILES string of the molecule is COC(=O)c1cccc(S(=O)(=O)NCc2ccc(F)c(C)c2)c1. The zero-order chi connectivity index (χ0) is 17.0. The van der Waals surface area contributed by atoms with Gasteiger partial charge in [-0.25, -0.2) is 22.3 Å². The van der Waals surface area contributed by atoms with E-state index in [4.69, 9.17) is 0 Å². The van der Waals surface area contributed by atoms with Crippen molar-refractivity contribution >= 4 is 16.0 Å². The van der Waals surface area contributed by atoms with E-state index >= 15 is 0 Å². The third kappa shape index (κ3) is 4.14. The van der Waals surface area contributed by atoms with Crippen LogP contribution >= 0.6 is 0 Å². The Morgan fingerprint density at radius 2 is 1.96 bits per heavy atom. The van der Waals surface area contributed by atoms with Crippen LogP contribution in [0, 0.1) is 12.7 Å². The Labute approximate surface area is 134 Å². The van der Waals surface area contributed by atoms with E-state index in [0.717, 1.165) is 0 Å². The topological polar surface area (TPSA) is 72.5 Å². The molecule has 7 heteroatoms. The minimum Gasteiger partial charge on any atom is -0.465 e. The number of aryl methyl sites for hydroxylation is 1. The van der Waals surface area contributed by atoms with Crippen molar-refractivity contribution in [3.8, 4) is 0 Å². The monoisotopic (exact) mass is 337 g/mol. The maximum atomic E-state index is 13.2. The standard InChI is InChI=1S/C16H16FNO4S/c1-11-8-12(6-7-15(11)17)10-18-23(20,21)14-5-3-4-13(9-14)16(19)22-2/h3-9,18H,10H2,1-2H3. The fourth-order valence-electron chi connectivity index (χ4n) is 1.99. The first-order chi connectivity index (χ1) is 10.8. The molecule has 0 spiro atoms. The second kappa shape index (κ2) is 6.89. The molecule has 0 radical (unpaired) electrons. The molecule has 122 valence electrons. The van der Waals surface area contributed by atoms with Crippen molar-refractivity contribution in [1.29, 1.82) is 0 Å². The molecule has 0 atom stereocenters. The second-order valence-corrected chi connectivity index (χ2v) is 6.69. The number of hydrogen-bond donors (Lipinski definition) is 1. The average molecular weight is 337 g/mol. The molecule has 2 aromatic rings. The molecular weight excluding hydrogens is 321 g/mol. The first-order valence-electron chi connectivity index (χ1n) is 6.76. The van der Waals surface area contributed by atoms with Gasteiger partial charge in [-0.1, -0.05) is 18.2 Å². The van der Waals surface area contributed by atoms with Crippen LogP contribution in [-0.4, -0.2) is 21.5 Å². The van der Waals surface area contributed by atoms with Gasteiger partial charge in [-0.3, -0.25) is 0 Å². The Balaban J connectivity index is 2.18. The lowest BCUT2D eigenvalue weighted by Gasteiger charge is -2.09. The normalized spacial score (nSPS) is 11.3. The van der Waals surface area contributed by atoms with Gasteiger partial charge in [0, 0.05) is 6.54 Å². The van der Waals surface area contributed by atoms with Crippen molar-refractivity contribution in [3.63, 3.8) is 0 Å². The number of methoxy groups -OCH3 is 1. The van der Waals surface area contributed by atoms with Crippen LogP contribution in [0.3, 0.4) is 0 Å². The quantitative estimate of drug-likeness (QED) is 0.851. The number of hydrogen-bond acceptors (Lipinski definition) is 4. The van der Waals surface area contributed by atoms with Crippen molar-refractivity contribution in [2.45, 2.75) is 18.4 Å². The van der Waals surface area contributed by atoms with Gasteiger partial charge in [-0.05, 0) is 42.3 Å². The highest BCUT2D eigenvalue weighted by atomic mass is 32.2. The van der Waals surface area contributed by atoms with Crippen molar-refractivity contribution in [2.24, 2.45) is 0 Å². The number of esters is 1. The lowest BCUT2D eigenvalue weighted by molar-refractivity contribution is 0.0600. The van der Waals surface area contributed by atoms with Gasteiger partial charge >= 0.3 is 5.97 Å². The highest BCUT2D eigenvalue weighted by molar-refractivity contribution is 7.89. The van der Waals surface area contributed by atoms with Crippen LogP contribution in [0.5, 0.6) is 0 Å². The van der Waals surface area contributed by atoms with Gasteiger partial charge in [-0.2, -0.15) is 0 Å². The number of halogens is 1. The molecule has 5 nitrogen and oxygen atoms in total. The third-order valence-electron chi connectivity index (χ3n) is 3.25. The molecule has 0 saturated heterocycles. The molecule has 0 aliphatic rings. The fourth-order valence-corrected chi connectivity index (χ4v) is 3.05. The summed E-state index contributed by atoms with van der Waals surface area (Å²) in [6.07, 6.45) is 0. The lowest BCUT2D eigenvalue weighted by Crippen LogP contribution is -2.23. The van der Waals surface area contributed by atoms with E-state index in [1.54, 1.807) is 13.0 Å². The van der Waals surface area contributed by atoms with Crippen LogP contribution in [0.2, 0.25) is 0 Å². The fraction of sp³-hybridized carbons (Fsp3) is 0.188. The second-order valence-electron chi connectivity index (χ2n) is 4.93. The van der Waals surface area contributed by atoms with Gasteiger partial charge in [-0.15, -0.1) is 0 Å². The van der Waals surface area contributed by atoms with E-state index in [-0.39, 0.29) is 22.8 Å². The number of carbonyl (C=O) groups excluding carboxylic acids is 1. The molecule has 0 fully saturated rings. The Hall–Kier alpha value is -2.25. The summed E-state index contributed by atoms with van der Waals surface area (Å²) >= 11 is 0. The molecule has 0 aliphatic carbocycles. The van der Waals surface area contributed by atoms with Crippen molar-refractivity contribution < 1.29 is 22.3 Å². The summed E-state index contributed by atoms with van der Waals surface area (Å²) in [6, 6.07) is 9.92. The molecule has 0 heterocycles. The summed E-state index contributed by atoms with van der Waals surface area (Å²) in [7, 11) is -2.58. The molecule has 0 amide bonds.